The molecule has 3 aromatic carbocycles. The summed E-state index contributed by atoms with van der Waals surface area (Å²) in [7, 11) is 2.96. The highest BCUT2D eigenvalue weighted by Crippen LogP contribution is 2.35. The molecule has 30 heavy (non-hydrogen) atoms. The molecule has 6 nitrogen and oxygen atoms in total. The number of carbonyl (C=O) groups is 2. The molecule has 2 amide bonds. The molecule has 0 unspecified atom stereocenters. The maximum Gasteiger partial charge on any atom is 0.251 e. The Kier molecular flexibility index (Phi) is 6.93. The maximum atomic E-state index is 12.4. The zero-order valence-electron chi connectivity index (χ0n) is 16.6. The average molecular weight is 425 g/mol. The molecule has 0 aromatic heterocycles. The molecule has 7 heteroatoms. The van der Waals surface area contributed by atoms with Crippen LogP contribution in [0.3, 0.4) is 0 Å². The molecule has 0 saturated carbocycles. The lowest BCUT2D eigenvalue weighted by Crippen LogP contribution is -2.32. The molecule has 3 aromatic rings. The molecule has 2 N–H and O–H groups in total. The summed E-state index contributed by atoms with van der Waals surface area (Å²) in [5.74, 6) is 0.0690. The van der Waals surface area contributed by atoms with E-state index in [1.807, 2.05) is 42.5 Å². The van der Waals surface area contributed by atoms with Crippen LogP contribution >= 0.6 is 11.6 Å². The van der Waals surface area contributed by atoms with E-state index >= 15 is 0 Å². The van der Waals surface area contributed by atoms with Gasteiger partial charge < -0.3 is 20.1 Å². The summed E-state index contributed by atoms with van der Waals surface area (Å²) in [6.07, 6.45) is 0. The Labute approximate surface area is 179 Å². The van der Waals surface area contributed by atoms with E-state index < -0.39 is 5.91 Å². The third-order valence-corrected chi connectivity index (χ3v) is 4.71. The summed E-state index contributed by atoms with van der Waals surface area (Å²) in [4.78, 5) is 24.6. The van der Waals surface area contributed by atoms with Crippen LogP contribution in [0.4, 0.5) is 5.69 Å². The van der Waals surface area contributed by atoms with Gasteiger partial charge in [0.05, 0.1) is 31.5 Å². The second kappa shape index (κ2) is 9.80. The number of halogens is 1. The number of benzene rings is 3. The fourth-order valence-corrected chi connectivity index (χ4v) is 3.10. The van der Waals surface area contributed by atoms with E-state index in [4.69, 9.17) is 21.1 Å². The molecule has 0 aliphatic rings. The highest BCUT2D eigenvalue weighted by atomic mass is 35.5. The second-order valence-electron chi connectivity index (χ2n) is 6.36. The zero-order valence-corrected chi connectivity index (χ0v) is 17.3. The van der Waals surface area contributed by atoms with Gasteiger partial charge in [-0.25, -0.2) is 0 Å². The highest BCUT2D eigenvalue weighted by Gasteiger charge is 2.14. The Hall–Kier alpha value is -3.51. The number of methoxy groups -OCH3 is 2. The van der Waals surface area contributed by atoms with Crippen molar-refractivity contribution in [1.82, 2.24) is 5.32 Å². The van der Waals surface area contributed by atoms with E-state index in [1.165, 1.54) is 20.3 Å². The molecular weight excluding hydrogens is 404 g/mol. The molecule has 154 valence electrons. The first-order valence-electron chi connectivity index (χ1n) is 9.17. The number of hydrogen-bond acceptors (Lipinski definition) is 4. The molecule has 0 bridgehead atoms. The first-order valence-corrected chi connectivity index (χ1v) is 9.54. The molecular formula is C23H21ClN2O4. The van der Waals surface area contributed by atoms with Crippen LogP contribution in [0.25, 0.3) is 11.1 Å². The normalized spacial score (nSPS) is 10.2. The van der Waals surface area contributed by atoms with Crippen molar-refractivity contribution in [3.63, 3.8) is 0 Å². The fourth-order valence-electron chi connectivity index (χ4n) is 2.86. The summed E-state index contributed by atoms with van der Waals surface area (Å²) < 4.78 is 10.4. The molecule has 0 radical (unpaired) electrons. The SMILES string of the molecule is COc1cc(OC)c(NC(=O)CNC(=O)c2ccc(-c3ccccc3)cc2)cc1Cl. The molecule has 0 aliphatic carbocycles. The van der Waals surface area contributed by atoms with Gasteiger partial charge in [-0.3, -0.25) is 9.59 Å². The fraction of sp³-hybridized carbons (Fsp3) is 0.130. The lowest BCUT2D eigenvalue weighted by Gasteiger charge is -2.13. The van der Waals surface area contributed by atoms with Gasteiger partial charge >= 0.3 is 0 Å². The van der Waals surface area contributed by atoms with Crippen molar-refractivity contribution < 1.29 is 19.1 Å². The van der Waals surface area contributed by atoms with Gasteiger partial charge in [0.2, 0.25) is 5.91 Å². The highest BCUT2D eigenvalue weighted by molar-refractivity contribution is 6.32. The standard InChI is InChI=1S/C23H21ClN2O4/c1-29-20-13-21(30-2)19(12-18(20)24)26-22(27)14-25-23(28)17-10-8-16(9-11-17)15-6-4-3-5-7-15/h3-13H,14H2,1-2H3,(H,25,28)(H,26,27). The van der Waals surface area contributed by atoms with Crippen LogP contribution < -0.4 is 20.1 Å². The van der Waals surface area contributed by atoms with E-state index in [0.29, 0.717) is 27.8 Å². The first-order chi connectivity index (χ1) is 14.5. The number of rotatable bonds is 7. The minimum Gasteiger partial charge on any atom is -0.495 e. The van der Waals surface area contributed by atoms with Gasteiger partial charge in [0, 0.05) is 11.6 Å². The smallest absolute Gasteiger partial charge is 0.251 e. The van der Waals surface area contributed by atoms with Crippen LogP contribution in [0, 0.1) is 0 Å². The molecule has 0 spiro atoms. The monoisotopic (exact) mass is 424 g/mol. The van der Waals surface area contributed by atoms with Crippen LogP contribution in [0.1, 0.15) is 10.4 Å². The van der Waals surface area contributed by atoms with E-state index in [-0.39, 0.29) is 12.5 Å². The summed E-state index contributed by atoms with van der Waals surface area (Å²) in [6, 6.07) is 20.2. The van der Waals surface area contributed by atoms with Crippen molar-refractivity contribution >= 4 is 29.1 Å². The zero-order chi connectivity index (χ0) is 21.5. The summed E-state index contributed by atoms with van der Waals surface area (Å²) in [5, 5.41) is 5.61. The van der Waals surface area contributed by atoms with Gasteiger partial charge in [-0.2, -0.15) is 0 Å². The molecule has 3 rings (SSSR count). The average Bonchev–Trinajstić information content (AvgIpc) is 2.78. The third-order valence-electron chi connectivity index (χ3n) is 4.41. The Morgan fingerprint density at radius 1 is 0.867 bits per heavy atom. The van der Waals surface area contributed by atoms with Crippen molar-refractivity contribution in [2.45, 2.75) is 0 Å². The third kappa shape index (κ3) is 5.10. The number of nitrogens with one attached hydrogen (secondary N) is 2. The minimum atomic E-state index is -0.413. The summed E-state index contributed by atoms with van der Waals surface area (Å²) in [5.41, 5.74) is 2.92. The second-order valence-corrected chi connectivity index (χ2v) is 6.77. The topological polar surface area (TPSA) is 76.7 Å². The number of amides is 2. The predicted molar refractivity (Wildman–Crippen MR) is 117 cm³/mol. The summed E-state index contributed by atoms with van der Waals surface area (Å²) >= 11 is 6.10. The summed E-state index contributed by atoms with van der Waals surface area (Å²) in [6.45, 7) is -0.202. The lowest BCUT2D eigenvalue weighted by atomic mass is 10.0. The van der Waals surface area contributed by atoms with Crippen molar-refractivity contribution in [3.8, 4) is 22.6 Å². The van der Waals surface area contributed by atoms with Gasteiger partial charge in [-0.05, 0) is 29.3 Å². The molecule has 0 fully saturated rings. The van der Waals surface area contributed by atoms with Gasteiger partial charge in [-0.15, -0.1) is 0 Å². The maximum absolute atomic E-state index is 12.4. The quantitative estimate of drug-likeness (QED) is 0.589. The Morgan fingerprint density at radius 2 is 1.50 bits per heavy atom. The van der Waals surface area contributed by atoms with E-state index in [9.17, 15) is 9.59 Å². The number of anilines is 1. The van der Waals surface area contributed by atoms with Gasteiger partial charge in [0.25, 0.3) is 5.91 Å². The van der Waals surface area contributed by atoms with Crippen molar-refractivity contribution in [3.05, 3.63) is 77.3 Å². The van der Waals surface area contributed by atoms with Crippen LogP contribution in [-0.4, -0.2) is 32.6 Å². The molecule has 0 atom stereocenters. The van der Waals surface area contributed by atoms with Crippen LogP contribution in [0.2, 0.25) is 5.02 Å². The largest absolute Gasteiger partial charge is 0.495 e. The first kappa shape index (κ1) is 21.2. The number of carbonyl (C=O) groups excluding carboxylic acids is 2. The van der Waals surface area contributed by atoms with Crippen molar-refractivity contribution in [1.29, 1.82) is 0 Å². The Bertz CT molecular complexity index is 1040. The Balaban J connectivity index is 1.60. The van der Waals surface area contributed by atoms with Crippen LogP contribution in [-0.2, 0) is 4.79 Å². The number of ether oxygens (including phenoxy) is 2. The lowest BCUT2D eigenvalue weighted by molar-refractivity contribution is -0.115. The Morgan fingerprint density at radius 3 is 2.13 bits per heavy atom. The molecule has 0 heterocycles. The predicted octanol–water partition coefficient (Wildman–Crippen LogP) is 4.39. The van der Waals surface area contributed by atoms with Crippen LogP contribution in [0.15, 0.2) is 66.7 Å². The van der Waals surface area contributed by atoms with E-state index in [0.717, 1.165) is 11.1 Å². The van der Waals surface area contributed by atoms with Gasteiger partial charge in [-0.1, -0.05) is 54.1 Å². The molecule has 0 aliphatic heterocycles. The van der Waals surface area contributed by atoms with E-state index in [2.05, 4.69) is 10.6 Å². The van der Waals surface area contributed by atoms with Gasteiger partial charge in [0.1, 0.15) is 11.5 Å². The van der Waals surface area contributed by atoms with Crippen molar-refractivity contribution in [2.24, 2.45) is 0 Å². The van der Waals surface area contributed by atoms with Gasteiger partial charge in [0.15, 0.2) is 0 Å². The van der Waals surface area contributed by atoms with Crippen LogP contribution in [0.5, 0.6) is 11.5 Å². The molecule has 0 saturated heterocycles. The number of hydrogen-bond donors (Lipinski definition) is 2. The van der Waals surface area contributed by atoms with E-state index in [1.54, 1.807) is 18.2 Å². The van der Waals surface area contributed by atoms with Crippen molar-refractivity contribution in [2.75, 3.05) is 26.1 Å². The minimum absolute atomic E-state index is 0.202.